The number of hydrogen-bond acceptors (Lipinski definition) is 1. The van der Waals surface area contributed by atoms with Gasteiger partial charge in [0.25, 0.3) is 0 Å². The Balaban J connectivity index is 4.22. The third-order valence-electron chi connectivity index (χ3n) is 3.20. The smallest absolute Gasteiger partial charge is 0.0121 e. The first kappa shape index (κ1) is 14.0. The lowest BCUT2D eigenvalue weighted by Gasteiger charge is -2.35. The highest BCUT2D eigenvalue weighted by Gasteiger charge is 2.27. The summed E-state index contributed by atoms with van der Waals surface area (Å²) in [6, 6.07) is 0.674. The second kappa shape index (κ2) is 6.44. The molecule has 0 saturated carbocycles. The fourth-order valence-electron chi connectivity index (χ4n) is 1.72. The molecule has 0 aromatic carbocycles. The molecule has 0 aliphatic rings. The van der Waals surface area contributed by atoms with E-state index < -0.39 is 0 Å². The van der Waals surface area contributed by atoms with Crippen LogP contribution in [0.25, 0.3) is 0 Å². The van der Waals surface area contributed by atoms with Crippen LogP contribution in [0.1, 0.15) is 60.8 Å². The van der Waals surface area contributed by atoms with Gasteiger partial charge in [0.2, 0.25) is 0 Å². The Morgan fingerprint density at radius 2 is 1.71 bits per heavy atom. The summed E-state index contributed by atoms with van der Waals surface area (Å²) >= 11 is 0. The van der Waals surface area contributed by atoms with Gasteiger partial charge < -0.3 is 5.32 Å². The summed E-state index contributed by atoms with van der Waals surface area (Å²) in [7, 11) is 0. The predicted octanol–water partition coefficient (Wildman–Crippen LogP) is 3.84. The lowest BCUT2D eigenvalue weighted by atomic mass is 9.78. The number of nitrogens with one attached hydrogen (secondary N) is 1. The van der Waals surface area contributed by atoms with Crippen molar-refractivity contribution in [1.29, 1.82) is 0 Å². The van der Waals surface area contributed by atoms with E-state index in [9.17, 15) is 0 Å². The third kappa shape index (κ3) is 4.99. The van der Waals surface area contributed by atoms with Crippen molar-refractivity contribution in [2.75, 3.05) is 6.54 Å². The molecule has 0 radical (unpaired) electrons. The normalized spacial score (nSPS) is 14.8. The molecule has 0 fully saturated rings. The molecule has 1 N–H and O–H groups in total. The minimum absolute atomic E-state index is 0.430. The Hall–Kier alpha value is -0.0400. The second-order valence-corrected chi connectivity index (χ2v) is 5.48. The fraction of sp³-hybridized carbons (Fsp3) is 1.00. The molecule has 1 atom stereocenters. The first-order valence-corrected chi connectivity index (χ1v) is 6.17. The molecule has 0 heterocycles. The standard InChI is InChI=1S/C13H29N/c1-7-9-14-12(10-11(3)4)13(5,6)8-2/h11-12,14H,7-10H2,1-6H3. The van der Waals surface area contributed by atoms with Crippen LogP contribution in [0.4, 0.5) is 0 Å². The Kier molecular flexibility index (Phi) is 6.43. The molecule has 0 saturated heterocycles. The van der Waals surface area contributed by atoms with Gasteiger partial charge in [-0.25, -0.2) is 0 Å². The van der Waals surface area contributed by atoms with E-state index in [1.165, 1.54) is 19.3 Å². The van der Waals surface area contributed by atoms with E-state index in [-0.39, 0.29) is 0 Å². The van der Waals surface area contributed by atoms with E-state index in [4.69, 9.17) is 0 Å². The fourth-order valence-corrected chi connectivity index (χ4v) is 1.72. The summed E-state index contributed by atoms with van der Waals surface area (Å²) in [5, 5.41) is 3.69. The molecular formula is C13H29N. The van der Waals surface area contributed by atoms with Crippen molar-refractivity contribution < 1.29 is 0 Å². The van der Waals surface area contributed by atoms with E-state index in [1.54, 1.807) is 0 Å². The molecule has 0 spiro atoms. The summed E-state index contributed by atoms with van der Waals surface area (Å²) in [5.41, 5.74) is 0.430. The van der Waals surface area contributed by atoms with Crippen LogP contribution < -0.4 is 5.32 Å². The van der Waals surface area contributed by atoms with Crippen LogP contribution in [0.2, 0.25) is 0 Å². The lowest BCUT2D eigenvalue weighted by molar-refractivity contribution is 0.204. The molecule has 0 aromatic heterocycles. The average Bonchev–Trinajstić information content (AvgIpc) is 2.11. The maximum Gasteiger partial charge on any atom is 0.0121 e. The van der Waals surface area contributed by atoms with Gasteiger partial charge in [-0.05, 0) is 37.1 Å². The van der Waals surface area contributed by atoms with Gasteiger partial charge in [-0.2, -0.15) is 0 Å². The van der Waals surface area contributed by atoms with E-state index >= 15 is 0 Å². The van der Waals surface area contributed by atoms with Gasteiger partial charge in [0, 0.05) is 6.04 Å². The predicted molar refractivity (Wildman–Crippen MR) is 65.6 cm³/mol. The minimum atomic E-state index is 0.430. The number of hydrogen-bond donors (Lipinski definition) is 1. The van der Waals surface area contributed by atoms with Crippen molar-refractivity contribution in [1.82, 2.24) is 5.32 Å². The van der Waals surface area contributed by atoms with Gasteiger partial charge in [0.1, 0.15) is 0 Å². The molecule has 86 valence electrons. The molecule has 1 unspecified atom stereocenters. The Morgan fingerprint density at radius 1 is 1.14 bits per heavy atom. The van der Waals surface area contributed by atoms with E-state index in [0.717, 1.165) is 12.5 Å². The molecule has 1 nitrogen and oxygen atoms in total. The molecule has 0 aromatic rings. The van der Waals surface area contributed by atoms with Gasteiger partial charge in [-0.15, -0.1) is 0 Å². The van der Waals surface area contributed by atoms with Crippen LogP contribution in [0.3, 0.4) is 0 Å². The highest BCUT2D eigenvalue weighted by Crippen LogP contribution is 2.28. The molecule has 14 heavy (non-hydrogen) atoms. The van der Waals surface area contributed by atoms with Crippen molar-refractivity contribution in [3.63, 3.8) is 0 Å². The topological polar surface area (TPSA) is 12.0 Å². The maximum atomic E-state index is 3.69. The maximum absolute atomic E-state index is 3.69. The summed E-state index contributed by atoms with van der Waals surface area (Å²) in [4.78, 5) is 0. The average molecular weight is 199 g/mol. The van der Waals surface area contributed by atoms with E-state index in [1.807, 2.05) is 0 Å². The van der Waals surface area contributed by atoms with Crippen molar-refractivity contribution in [3.05, 3.63) is 0 Å². The summed E-state index contributed by atoms with van der Waals surface area (Å²) in [6.07, 6.45) is 3.77. The van der Waals surface area contributed by atoms with Gasteiger partial charge >= 0.3 is 0 Å². The second-order valence-electron chi connectivity index (χ2n) is 5.48. The highest BCUT2D eigenvalue weighted by molar-refractivity contribution is 4.83. The largest absolute Gasteiger partial charge is 0.313 e. The van der Waals surface area contributed by atoms with Gasteiger partial charge in [-0.3, -0.25) is 0 Å². The van der Waals surface area contributed by atoms with Crippen LogP contribution in [0.15, 0.2) is 0 Å². The van der Waals surface area contributed by atoms with E-state index in [0.29, 0.717) is 11.5 Å². The van der Waals surface area contributed by atoms with Crippen LogP contribution >= 0.6 is 0 Å². The Bertz CT molecular complexity index is 138. The van der Waals surface area contributed by atoms with Gasteiger partial charge in [0.05, 0.1) is 0 Å². The van der Waals surface area contributed by atoms with Crippen LogP contribution in [-0.4, -0.2) is 12.6 Å². The monoisotopic (exact) mass is 199 g/mol. The molecular weight excluding hydrogens is 170 g/mol. The summed E-state index contributed by atoms with van der Waals surface area (Å²) in [6.45, 7) is 15.1. The van der Waals surface area contributed by atoms with Crippen molar-refractivity contribution in [3.8, 4) is 0 Å². The minimum Gasteiger partial charge on any atom is -0.313 e. The molecule has 0 aliphatic heterocycles. The van der Waals surface area contributed by atoms with Crippen LogP contribution in [-0.2, 0) is 0 Å². The Morgan fingerprint density at radius 3 is 2.07 bits per heavy atom. The van der Waals surface area contributed by atoms with E-state index in [2.05, 4.69) is 46.9 Å². The van der Waals surface area contributed by atoms with Crippen molar-refractivity contribution >= 4 is 0 Å². The zero-order valence-electron chi connectivity index (χ0n) is 11.0. The zero-order valence-corrected chi connectivity index (χ0v) is 11.0. The number of rotatable bonds is 7. The first-order valence-electron chi connectivity index (χ1n) is 6.17. The first-order chi connectivity index (χ1) is 6.44. The zero-order chi connectivity index (χ0) is 11.2. The molecule has 1 heteroatoms. The van der Waals surface area contributed by atoms with Gasteiger partial charge in [-0.1, -0.05) is 41.5 Å². The molecule has 0 bridgehead atoms. The van der Waals surface area contributed by atoms with Crippen LogP contribution in [0.5, 0.6) is 0 Å². The summed E-state index contributed by atoms with van der Waals surface area (Å²) in [5.74, 6) is 0.787. The lowest BCUT2D eigenvalue weighted by Crippen LogP contribution is -2.42. The van der Waals surface area contributed by atoms with Crippen molar-refractivity contribution in [2.45, 2.75) is 66.8 Å². The molecule has 0 amide bonds. The third-order valence-corrected chi connectivity index (χ3v) is 3.20. The summed E-state index contributed by atoms with van der Waals surface area (Å²) < 4.78 is 0. The highest BCUT2D eigenvalue weighted by atomic mass is 14.9. The quantitative estimate of drug-likeness (QED) is 0.657. The Labute approximate surface area is 90.7 Å². The SMILES string of the molecule is CCCNC(CC(C)C)C(C)(C)CC. The molecule has 0 aliphatic carbocycles. The van der Waals surface area contributed by atoms with Crippen LogP contribution in [0, 0.1) is 11.3 Å². The van der Waals surface area contributed by atoms with Crippen molar-refractivity contribution in [2.24, 2.45) is 11.3 Å². The molecule has 0 rings (SSSR count). The van der Waals surface area contributed by atoms with Gasteiger partial charge in [0.15, 0.2) is 0 Å².